The van der Waals surface area contributed by atoms with Gasteiger partial charge in [0, 0.05) is 18.0 Å². The van der Waals surface area contributed by atoms with Crippen LogP contribution in [0, 0.1) is 0 Å². The van der Waals surface area contributed by atoms with Crippen molar-refractivity contribution in [2.24, 2.45) is 0 Å². The third kappa shape index (κ3) is 2.81. The van der Waals surface area contributed by atoms with E-state index in [1.807, 2.05) is 0 Å². The van der Waals surface area contributed by atoms with Gasteiger partial charge in [0.25, 0.3) is 0 Å². The van der Waals surface area contributed by atoms with Gasteiger partial charge in [-0.05, 0) is 17.7 Å². The first kappa shape index (κ1) is 13.7. The zero-order chi connectivity index (χ0) is 14.0. The Kier molecular flexibility index (Phi) is 3.66. The molecule has 0 spiro atoms. The van der Waals surface area contributed by atoms with Crippen LogP contribution in [0.5, 0.6) is 5.75 Å². The molecule has 1 aromatic carbocycles. The average Bonchev–Trinajstić information content (AvgIpc) is 2.37. The molecule has 0 aliphatic rings. The summed E-state index contributed by atoms with van der Waals surface area (Å²) in [6, 6.07) is 4.74. The Balaban J connectivity index is 2.46. The highest BCUT2D eigenvalue weighted by atomic mass is 35.5. The minimum atomic E-state index is -4.35. The van der Waals surface area contributed by atoms with E-state index in [2.05, 4.69) is 4.98 Å². The number of methoxy groups -OCH3 is 1. The average molecular weight is 288 g/mol. The van der Waals surface area contributed by atoms with Gasteiger partial charge >= 0.3 is 6.18 Å². The Morgan fingerprint density at radius 1 is 1.11 bits per heavy atom. The molecule has 0 unspecified atom stereocenters. The SMILES string of the molecule is COc1c(Cl)cncc1-c1ccc(C(F)(F)F)cc1. The van der Waals surface area contributed by atoms with Crippen LogP contribution < -0.4 is 4.74 Å². The number of nitrogens with zero attached hydrogens (tertiary/aromatic N) is 1. The summed E-state index contributed by atoms with van der Waals surface area (Å²) >= 11 is 5.92. The van der Waals surface area contributed by atoms with Gasteiger partial charge in [0.05, 0.1) is 12.7 Å². The molecule has 2 aromatic rings. The standard InChI is InChI=1S/C13H9ClF3NO/c1-19-12-10(6-18-7-11(12)14)8-2-4-9(5-3-8)13(15,16)17/h2-7H,1H3. The van der Waals surface area contributed by atoms with Crippen molar-refractivity contribution in [1.82, 2.24) is 4.98 Å². The Morgan fingerprint density at radius 2 is 1.74 bits per heavy atom. The fraction of sp³-hybridized carbons (Fsp3) is 0.154. The van der Waals surface area contributed by atoms with E-state index in [9.17, 15) is 13.2 Å². The summed E-state index contributed by atoms with van der Waals surface area (Å²) < 4.78 is 42.6. The molecule has 100 valence electrons. The predicted molar refractivity (Wildman–Crippen MR) is 66.2 cm³/mol. The molecule has 0 aliphatic carbocycles. The summed E-state index contributed by atoms with van der Waals surface area (Å²) in [7, 11) is 1.44. The van der Waals surface area contributed by atoms with Gasteiger partial charge in [0.1, 0.15) is 10.8 Å². The first-order valence-corrected chi connectivity index (χ1v) is 5.66. The van der Waals surface area contributed by atoms with Gasteiger partial charge in [0.15, 0.2) is 0 Å². The normalized spacial score (nSPS) is 11.4. The Labute approximate surface area is 112 Å². The van der Waals surface area contributed by atoms with Crippen LogP contribution in [0.15, 0.2) is 36.7 Å². The summed E-state index contributed by atoms with van der Waals surface area (Å²) in [6.07, 6.45) is -1.45. The second-order valence-electron chi connectivity index (χ2n) is 3.78. The van der Waals surface area contributed by atoms with E-state index in [-0.39, 0.29) is 0 Å². The lowest BCUT2D eigenvalue weighted by atomic mass is 10.0. The van der Waals surface area contributed by atoms with Gasteiger partial charge in [-0.15, -0.1) is 0 Å². The van der Waals surface area contributed by atoms with Crippen LogP contribution in [-0.4, -0.2) is 12.1 Å². The molecule has 1 aromatic heterocycles. The highest BCUT2D eigenvalue weighted by molar-refractivity contribution is 6.32. The highest BCUT2D eigenvalue weighted by Crippen LogP contribution is 2.36. The van der Waals surface area contributed by atoms with Crippen molar-refractivity contribution in [3.8, 4) is 16.9 Å². The number of pyridine rings is 1. The van der Waals surface area contributed by atoms with Gasteiger partial charge < -0.3 is 4.74 Å². The van der Waals surface area contributed by atoms with Crippen molar-refractivity contribution < 1.29 is 17.9 Å². The zero-order valence-electron chi connectivity index (χ0n) is 9.83. The lowest BCUT2D eigenvalue weighted by Gasteiger charge is -2.11. The highest BCUT2D eigenvalue weighted by Gasteiger charge is 2.30. The van der Waals surface area contributed by atoms with E-state index >= 15 is 0 Å². The van der Waals surface area contributed by atoms with Crippen LogP contribution >= 0.6 is 11.6 Å². The zero-order valence-corrected chi connectivity index (χ0v) is 10.6. The maximum Gasteiger partial charge on any atom is 0.416 e. The molecule has 2 nitrogen and oxygen atoms in total. The second-order valence-corrected chi connectivity index (χ2v) is 4.18. The molecule has 0 radical (unpaired) electrons. The Hall–Kier alpha value is -1.75. The predicted octanol–water partition coefficient (Wildman–Crippen LogP) is 4.43. The van der Waals surface area contributed by atoms with Crippen LogP contribution in [0.4, 0.5) is 13.2 Å². The first-order valence-electron chi connectivity index (χ1n) is 5.28. The quantitative estimate of drug-likeness (QED) is 0.815. The van der Waals surface area contributed by atoms with Gasteiger partial charge in [-0.25, -0.2) is 0 Å². The number of benzene rings is 1. The molecule has 0 aliphatic heterocycles. The monoisotopic (exact) mass is 287 g/mol. The van der Waals surface area contributed by atoms with Gasteiger partial charge in [0.2, 0.25) is 0 Å². The summed E-state index contributed by atoms with van der Waals surface area (Å²) in [5.74, 6) is 0.386. The van der Waals surface area contributed by atoms with Gasteiger partial charge in [-0.3, -0.25) is 4.98 Å². The summed E-state index contributed by atoms with van der Waals surface area (Å²) in [5.41, 5.74) is 0.397. The maximum atomic E-state index is 12.5. The number of alkyl halides is 3. The fourth-order valence-corrected chi connectivity index (χ4v) is 1.91. The van der Waals surface area contributed by atoms with E-state index in [1.165, 1.54) is 31.6 Å². The molecule has 19 heavy (non-hydrogen) atoms. The minimum absolute atomic E-state index is 0.305. The molecule has 1 heterocycles. The van der Waals surface area contributed by atoms with Crippen molar-refractivity contribution in [3.63, 3.8) is 0 Å². The summed E-state index contributed by atoms with van der Waals surface area (Å²) in [5, 5.41) is 0.305. The topological polar surface area (TPSA) is 22.1 Å². The van der Waals surface area contributed by atoms with Crippen LogP contribution in [0.3, 0.4) is 0 Å². The van der Waals surface area contributed by atoms with Gasteiger partial charge in [-0.1, -0.05) is 23.7 Å². The molecule has 0 bridgehead atoms. The number of rotatable bonds is 2. The molecule has 0 saturated heterocycles. The second kappa shape index (κ2) is 5.09. The summed E-state index contributed by atoms with van der Waals surface area (Å²) in [6.45, 7) is 0. The van der Waals surface area contributed by atoms with E-state index in [4.69, 9.17) is 16.3 Å². The lowest BCUT2D eigenvalue weighted by molar-refractivity contribution is -0.137. The number of hydrogen-bond donors (Lipinski definition) is 0. The van der Waals surface area contributed by atoms with Crippen LogP contribution in [0.2, 0.25) is 5.02 Å². The number of hydrogen-bond acceptors (Lipinski definition) is 2. The van der Waals surface area contributed by atoms with Gasteiger partial charge in [-0.2, -0.15) is 13.2 Å². The molecule has 2 rings (SSSR count). The van der Waals surface area contributed by atoms with E-state index < -0.39 is 11.7 Å². The van der Waals surface area contributed by atoms with E-state index in [0.29, 0.717) is 21.9 Å². The molecule has 0 N–H and O–H groups in total. The van der Waals surface area contributed by atoms with Crippen LogP contribution in [-0.2, 0) is 6.18 Å². The fourth-order valence-electron chi connectivity index (χ4n) is 1.68. The number of ether oxygens (including phenoxy) is 1. The smallest absolute Gasteiger partial charge is 0.416 e. The lowest BCUT2D eigenvalue weighted by Crippen LogP contribution is -2.04. The number of halogens is 4. The molecule has 0 amide bonds. The first-order chi connectivity index (χ1) is 8.93. The van der Waals surface area contributed by atoms with Crippen molar-refractivity contribution in [2.75, 3.05) is 7.11 Å². The maximum absolute atomic E-state index is 12.5. The van der Waals surface area contributed by atoms with E-state index in [0.717, 1.165) is 12.1 Å². The minimum Gasteiger partial charge on any atom is -0.494 e. The van der Waals surface area contributed by atoms with Crippen molar-refractivity contribution in [3.05, 3.63) is 47.2 Å². The molecule has 0 atom stereocenters. The van der Waals surface area contributed by atoms with E-state index in [1.54, 1.807) is 0 Å². The molecule has 0 saturated carbocycles. The Morgan fingerprint density at radius 3 is 2.26 bits per heavy atom. The van der Waals surface area contributed by atoms with Crippen molar-refractivity contribution in [2.45, 2.75) is 6.18 Å². The van der Waals surface area contributed by atoms with Crippen molar-refractivity contribution in [1.29, 1.82) is 0 Å². The molecular weight excluding hydrogens is 279 g/mol. The number of aromatic nitrogens is 1. The molecule has 6 heteroatoms. The third-order valence-corrected chi connectivity index (χ3v) is 2.85. The summed E-state index contributed by atoms with van der Waals surface area (Å²) in [4.78, 5) is 3.91. The Bertz CT molecular complexity index is 581. The molecule has 0 fully saturated rings. The van der Waals surface area contributed by atoms with Crippen molar-refractivity contribution >= 4 is 11.6 Å². The molecular formula is C13H9ClF3NO. The third-order valence-electron chi connectivity index (χ3n) is 2.58. The largest absolute Gasteiger partial charge is 0.494 e. The van der Waals surface area contributed by atoms with Crippen LogP contribution in [0.1, 0.15) is 5.56 Å². The van der Waals surface area contributed by atoms with Crippen LogP contribution in [0.25, 0.3) is 11.1 Å².